The maximum Gasteiger partial charge on any atom is 0.0602 e. The van der Waals surface area contributed by atoms with Gasteiger partial charge in [-0.3, -0.25) is 9.97 Å². The summed E-state index contributed by atoms with van der Waals surface area (Å²) in [4.78, 5) is 11.2. The Morgan fingerprint density at radius 1 is 1.25 bits per heavy atom. The molecule has 0 spiro atoms. The average molecular weight is 270 g/mol. The van der Waals surface area contributed by atoms with Crippen molar-refractivity contribution in [1.82, 2.24) is 15.3 Å². The van der Waals surface area contributed by atoms with E-state index in [0.717, 1.165) is 31.0 Å². The molecule has 4 nitrogen and oxygen atoms in total. The van der Waals surface area contributed by atoms with Crippen molar-refractivity contribution in [2.75, 3.05) is 18.5 Å². The van der Waals surface area contributed by atoms with E-state index in [1.54, 1.807) is 0 Å². The molecule has 2 aromatic heterocycles. The molecule has 0 aliphatic carbocycles. The zero-order valence-corrected chi connectivity index (χ0v) is 12.4. The second kappa shape index (κ2) is 7.01. The Morgan fingerprint density at radius 3 is 2.75 bits per heavy atom. The monoisotopic (exact) mass is 270 g/mol. The number of pyridine rings is 2. The third-order valence-corrected chi connectivity index (χ3v) is 3.27. The van der Waals surface area contributed by atoms with E-state index in [-0.39, 0.29) is 0 Å². The molecule has 2 aromatic rings. The predicted molar refractivity (Wildman–Crippen MR) is 82.7 cm³/mol. The fourth-order valence-corrected chi connectivity index (χ4v) is 2.25. The maximum atomic E-state index is 4.42. The summed E-state index contributed by atoms with van der Waals surface area (Å²) < 4.78 is 0. The minimum absolute atomic E-state index is 0.817. The maximum absolute atomic E-state index is 4.42. The summed E-state index contributed by atoms with van der Waals surface area (Å²) in [6.07, 6.45) is 3.80. The molecule has 0 fully saturated rings. The van der Waals surface area contributed by atoms with Gasteiger partial charge in [-0.15, -0.1) is 0 Å². The van der Waals surface area contributed by atoms with E-state index in [4.69, 9.17) is 0 Å². The highest BCUT2D eigenvalue weighted by molar-refractivity contribution is 5.53. The van der Waals surface area contributed by atoms with Gasteiger partial charge in [-0.2, -0.15) is 0 Å². The third-order valence-electron chi connectivity index (χ3n) is 3.27. The fraction of sp³-hybridized carbons (Fsp3) is 0.375. The van der Waals surface area contributed by atoms with Gasteiger partial charge in [-0.05, 0) is 39.1 Å². The highest BCUT2D eigenvalue weighted by Crippen LogP contribution is 2.22. The van der Waals surface area contributed by atoms with Crippen LogP contribution in [-0.4, -0.2) is 23.6 Å². The molecule has 0 saturated heterocycles. The van der Waals surface area contributed by atoms with Crippen LogP contribution in [0.1, 0.15) is 23.9 Å². The number of nitrogens with one attached hydrogen (secondary N) is 1. The molecular formula is C16H22N4. The summed E-state index contributed by atoms with van der Waals surface area (Å²) in [5.41, 5.74) is 4.58. The lowest BCUT2D eigenvalue weighted by atomic mass is 10.1. The largest absolute Gasteiger partial charge is 0.366 e. The predicted octanol–water partition coefficient (Wildman–Crippen LogP) is 2.53. The minimum atomic E-state index is 0.817. The molecule has 0 aliphatic heterocycles. The van der Waals surface area contributed by atoms with Gasteiger partial charge in [-0.25, -0.2) is 0 Å². The van der Waals surface area contributed by atoms with E-state index >= 15 is 0 Å². The lowest BCUT2D eigenvalue weighted by Gasteiger charge is -2.25. The Balaban J connectivity index is 2.28. The van der Waals surface area contributed by atoms with Gasteiger partial charge in [0.2, 0.25) is 0 Å². The summed E-state index contributed by atoms with van der Waals surface area (Å²) in [5.74, 6) is 0. The first-order valence-corrected chi connectivity index (χ1v) is 6.99. The van der Waals surface area contributed by atoms with Crippen LogP contribution in [0.25, 0.3) is 0 Å². The summed E-state index contributed by atoms with van der Waals surface area (Å²) in [7, 11) is 1.96. The second-order valence-corrected chi connectivity index (χ2v) is 4.82. The van der Waals surface area contributed by atoms with Gasteiger partial charge in [0.05, 0.1) is 12.2 Å². The Morgan fingerprint density at radius 2 is 2.10 bits per heavy atom. The SMILES string of the molecule is CCN(Cc1ccccn1)c1cc(C)ncc1CNC. The van der Waals surface area contributed by atoms with E-state index < -0.39 is 0 Å². The fourth-order valence-electron chi connectivity index (χ4n) is 2.25. The molecule has 0 amide bonds. The Hall–Kier alpha value is -1.94. The molecule has 0 radical (unpaired) electrons. The number of nitrogens with zero attached hydrogens (tertiary/aromatic N) is 3. The van der Waals surface area contributed by atoms with Gasteiger partial charge in [-0.1, -0.05) is 6.07 Å². The third kappa shape index (κ3) is 3.54. The van der Waals surface area contributed by atoms with E-state index in [9.17, 15) is 0 Å². The summed E-state index contributed by atoms with van der Waals surface area (Å²) >= 11 is 0. The van der Waals surface area contributed by atoms with Crippen LogP contribution in [0.4, 0.5) is 5.69 Å². The van der Waals surface area contributed by atoms with Crippen molar-refractivity contribution in [3.8, 4) is 0 Å². The first-order chi connectivity index (χ1) is 9.74. The topological polar surface area (TPSA) is 41.1 Å². The molecule has 0 unspecified atom stereocenters. The zero-order chi connectivity index (χ0) is 14.4. The quantitative estimate of drug-likeness (QED) is 0.876. The molecule has 20 heavy (non-hydrogen) atoms. The molecular weight excluding hydrogens is 248 g/mol. The molecule has 106 valence electrons. The molecule has 0 atom stereocenters. The standard InChI is InChI=1S/C16H22N4/c1-4-20(12-15-7-5-6-8-18-15)16-9-13(2)19-11-14(16)10-17-3/h5-9,11,17H,4,10,12H2,1-3H3. The molecule has 0 bridgehead atoms. The van der Waals surface area contributed by atoms with Gasteiger partial charge in [0, 0.05) is 42.4 Å². The van der Waals surface area contributed by atoms with Gasteiger partial charge in [0.25, 0.3) is 0 Å². The first kappa shape index (κ1) is 14.5. The van der Waals surface area contributed by atoms with Crippen molar-refractivity contribution in [2.45, 2.75) is 26.9 Å². The number of rotatable bonds is 6. The number of hydrogen-bond donors (Lipinski definition) is 1. The average Bonchev–Trinajstić information content (AvgIpc) is 2.48. The van der Waals surface area contributed by atoms with Crippen molar-refractivity contribution >= 4 is 5.69 Å². The highest BCUT2D eigenvalue weighted by atomic mass is 15.1. The van der Waals surface area contributed by atoms with Crippen LogP contribution >= 0.6 is 0 Å². The zero-order valence-electron chi connectivity index (χ0n) is 12.4. The van der Waals surface area contributed by atoms with Gasteiger partial charge < -0.3 is 10.2 Å². The first-order valence-electron chi connectivity index (χ1n) is 6.99. The van der Waals surface area contributed by atoms with Crippen LogP contribution in [0, 0.1) is 6.92 Å². The van der Waals surface area contributed by atoms with Crippen molar-refractivity contribution in [3.63, 3.8) is 0 Å². The normalized spacial score (nSPS) is 10.6. The van der Waals surface area contributed by atoms with Crippen molar-refractivity contribution in [3.05, 3.63) is 53.6 Å². The van der Waals surface area contributed by atoms with Crippen LogP contribution in [-0.2, 0) is 13.1 Å². The van der Waals surface area contributed by atoms with E-state index in [2.05, 4.69) is 39.2 Å². The summed E-state index contributed by atoms with van der Waals surface area (Å²) in [6, 6.07) is 8.19. The molecule has 1 N–H and O–H groups in total. The molecule has 4 heteroatoms. The Labute approximate surface area is 120 Å². The minimum Gasteiger partial charge on any atom is -0.366 e. The Kier molecular flexibility index (Phi) is 5.07. The van der Waals surface area contributed by atoms with Crippen molar-refractivity contribution < 1.29 is 0 Å². The number of aromatic nitrogens is 2. The van der Waals surface area contributed by atoms with Crippen molar-refractivity contribution in [2.24, 2.45) is 0 Å². The lowest BCUT2D eigenvalue weighted by molar-refractivity contribution is 0.770. The second-order valence-electron chi connectivity index (χ2n) is 4.82. The smallest absolute Gasteiger partial charge is 0.0602 e. The highest BCUT2D eigenvalue weighted by Gasteiger charge is 2.11. The van der Waals surface area contributed by atoms with E-state index in [0.29, 0.717) is 0 Å². The van der Waals surface area contributed by atoms with Crippen LogP contribution in [0.15, 0.2) is 36.7 Å². The van der Waals surface area contributed by atoms with Gasteiger partial charge in [0.15, 0.2) is 0 Å². The molecule has 0 saturated carbocycles. The molecule has 0 aromatic carbocycles. The number of hydrogen-bond acceptors (Lipinski definition) is 4. The Bertz CT molecular complexity index is 539. The number of anilines is 1. The van der Waals surface area contributed by atoms with E-state index in [1.165, 1.54) is 11.3 Å². The number of aryl methyl sites for hydroxylation is 1. The van der Waals surface area contributed by atoms with Gasteiger partial charge in [0.1, 0.15) is 0 Å². The summed E-state index contributed by atoms with van der Waals surface area (Å²) in [6.45, 7) is 6.78. The van der Waals surface area contributed by atoms with Crippen LogP contribution < -0.4 is 10.2 Å². The van der Waals surface area contributed by atoms with Crippen LogP contribution in [0.5, 0.6) is 0 Å². The lowest BCUT2D eigenvalue weighted by Crippen LogP contribution is -2.25. The van der Waals surface area contributed by atoms with Crippen LogP contribution in [0.3, 0.4) is 0 Å². The van der Waals surface area contributed by atoms with Crippen LogP contribution in [0.2, 0.25) is 0 Å². The van der Waals surface area contributed by atoms with E-state index in [1.807, 2.05) is 38.5 Å². The summed E-state index contributed by atoms with van der Waals surface area (Å²) in [5, 5.41) is 3.20. The molecule has 2 heterocycles. The molecule has 0 aliphatic rings. The van der Waals surface area contributed by atoms with Gasteiger partial charge >= 0.3 is 0 Å². The van der Waals surface area contributed by atoms with Crippen molar-refractivity contribution in [1.29, 1.82) is 0 Å². The molecule has 2 rings (SSSR count).